The van der Waals surface area contributed by atoms with Gasteiger partial charge < -0.3 is 4.90 Å². The first kappa shape index (κ1) is 9.46. The van der Waals surface area contributed by atoms with Gasteiger partial charge in [0.05, 0.1) is 6.20 Å². The van der Waals surface area contributed by atoms with Crippen LogP contribution in [-0.2, 0) is 0 Å². The molecule has 1 aliphatic heterocycles. The fourth-order valence-electron chi connectivity index (χ4n) is 1.62. The minimum absolute atomic E-state index is 0.896. The SMILES string of the molecule is CC1CCN(c2cnc(Br)s2)CC1. The number of anilines is 1. The maximum Gasteiger partial charge on any atom is 0.161 e. The molecule has 4 heteroatoms. The van der Waals surface area contributed by atoms with Crippen molar-refractivity contribution < 1.29 is 0 Å². The van der Waals surface area contributed by atoms with Crippen LogP contribution < -0.4 is 4.90 Å². The van der Waals surface area contributed by atoms with Gasteiger partial charge in [0.1, 0.15) is 5.00 Å². The van der Waals surface area contributed by atoms with Gasteiger partial charge in [-0.05, 0) is 34.7 Å². The third kappa shape index (κ3) is 2.23. The van der Waals surface area contributed by atoms with E-state index in [2.05, 4.69) is 32.7 Å². The van der Waals surface area contributed by atoms with Crippen molar-refractivity contribution in [3.05, 3.63) is 10.1 Å². The summed E-state index contributed by atoms with van der Waals surface area (Å²) in [4.78, 5) is 6.64. The second-order valence-corrected chi connectivity index (χ2v) is 5.91. The lowest BCUT2D eigenvalue weighted by Crippen LogP contribution is -2.32. The van der Waals surface area contributed by atoms with E-state index < -0.39 is 0 Å². The topological polar surface area (TPSA) is 16.1 Å². The summed E-state index contributed by atoms with van der Waals surface area (Å²) < 4.78 is 0.987. The van der Waals surface area contributed by atoms with Crippen LogP contribution in [0, 0.1) is 5.92 Å². The van der Waals surface area contributed by atoms with Crippen LogP contribution in [0.15, 0.2) is 10.1 Å². The van der Waals surface area contributed by atoms with Crippen molar-refractivity contribution in [3.63, 3.8) is 0 Å². The molecule has 0 bridgehead atoms. The van der Waals surface area contributed by atoms with E-state index >= 15 is 0 Å². The Hall–Kier alpha value is -0.0900. The van der Waals surface area contributed by atoms with Crippen molar-refractivity contribution in [2.24, 2.45) is 5.92 Å². The summed E-state index contributed by atoms with van der Waals surface area (Å²) in [5.74, 6) is 0.896. The third-order valence-electron chi connectivity index (χ3n) is 2.56. The number of thiazole rings is 1. The molecule has 1 saturated heterocycles. The average molecular weight is 261 g/mol. The maximum absolute atomic E-state index is 4.20. The van der Waals surface area contributed by atoms with E-state index in [4.69, 9.17) is 0 Å². The Kier molecular flexibility index (Phi) is 2.89. The fraction of sp³-hybridized carbons (Fsp3) is 0.667. The van der Waals surface area contributed by atoms with Crippen molar-refractivity contribution in [1.29, 1.82) is 0 Å². The van der Waals surface area contributed by atoms with E-state index in [1.807, 2.05) is 6.20 Å². The van der Waals surface area contributed by atoms with E-state index in [1.165, 1.54) is 30.9 Å². The van der Waals surface area contributed by atoms with Crippen molar-refractivity contribution in [1.82, 2.24) is 4.98 Å². The number of rotatable bonds is 1. The van der Waals surface area contributed by atoms with Gasteiger partial charge in [-0.15, -0.1) is 0 Å². The van der Waals surface area contributed by atoms with Crippen LogP contribution in [0.25, 0.3) is 0 Å². The average Bonchev–Trinajstić information content (AvgIpc) is 2.53. The van der Waals surface area contributed by atoms with Crippen LogP contribution in [0.2, 0.25) is 0 Å². The van der Waals surface area contributed by atoms with E-state index in [0.29, 0.717) is 0 Å². The molecule has 0 unspecified atom stereocenters. The number of halogens is 1. The second kappa shape index (κ2) is 3.96. The number of piperidine rings is 1. The monoisotopic (exact) mass is 260 g/mol. The number of hydrogen-bond acceptors (Lipinski definition) is 3. The molecular formula is C9H13BrN2S. The van der Waals surface area contributed by atoms with Gasteiger partial charge in [0.2, 0.25) is 0 Å². The molecule has 0 atom stereocenters. The number of aromatic nitrogens is 1. The van der Waals surface area contributed by atoms with Gasteiger partial charge in [-0.25, -0.2) is 4.98 Å². The molecule has 72 valence electrons. The lowest BCUT2D eigenvalue weighted by molar-refractivity contribution is 0.439. The van der Waals surface area contributed by atoms with Gasteiger partial charge in [-0.1, -0.05) is 18.3 Å². The zero-order chi connectivity index (χ0) is 9.26. The van der Waals surface area contributed by atoms with Crippen LogP contribution in [0.3, 0.4) is 0 Å². The standard InChI is InChI=1S/C9H13BrN2S/c1-7-2-4-12(5-3-7)8-6-11-9(10)13-8/h6-7H,2-5H2,1H3. The third-order valence-corrected chi connectivity index (χ3v) is 4.10. The summed E-state index contributed by atoms with van der Waals surface area (Å²) in [6, 6.07) is 0. The minimum Gasteiger partial charge on any atom is -0.362 e. The van der Waals surface area contributed by atoms with Gasteiger partial charge in [0.25, 0.3) is 0 Å². The quantitative estimate of drug-likeness (QED) is 0.772. The molecule has 2 nitrogen and oxygen atoms in total. The van der Waals surface area contributed by atoms with E-state index in [1.54, 1.807) is 11.3 Å². The van der Waals surface area contributed by atoms with Crippen LogP contribution in [0.4, 0.5) is 5.00 Å². The molecule has 13 heavy (non-hydrogen) atoms. The van der Waals surface area contributed by atoms with Gasteiger partial charge in [-0.2, -0.15) is 0 Å². The van der Waals surface area contributed by atoms with Crippen molar-refractivity contribution in [3.8, 4) is 0 Å². The smallest absolute Gasteiger partial charge is 0.161 e. The first-order valence-corrected chi connectivity index (χ1v) is 6.23. The summed E-state index contributed by atoms with van der Waals surface area (Å²) in [7, 11) is 0. The second-order valence-electron chi connectivity index (χ2n) is 3.62. The Morgan fingerprint density at radius 1 is 1.54 bits per heavy atom. The largest absolute Gasteiger partial charge is 0.362 e. The summed E-state index contributed by atoms with van der Waals surface area (Å²) >= 11 is 5.12. The lowest BCUT2D eigenvalue weighted by Gasteiger charge is -2.30. The Labute approximate surface area is 91.1 Å². The van der Waals surface area contributed by atoms with Crippen molar-refractivity contribution >= 4 is 32.3 Å². The van der Waals surface area contributed by atoms with Crippen molar-refractivity contribution in [2.75, 3.05) is 18.0 Å². The van der Waals surface area contributed by atoms with Gasteiger partial charge >= 0.3 is 0 Å². The molecule has 1 aromatic heterocycles. The predicted octanol–water partition coefficient (Wildman–Crippen LogP) is 3.14. The first-order valence-electron chi connectivity index (χ1n) is 4.62. The highest BCUT2D eigenvalue weighted by Crippen LogP contribution is 2.30. The Balaban J connectivity index is 2.02. The normalized spacial score (nSPS) is 19.4. The van der Waals surface area contributed by atoms with Crippen LogP contribution in [0.1, 0.15) is 19.8 Å². The molecule has 0 radical (unpaired) electrons. The molecule has 0 aliphatic carbocycles. The predicted molar refractivity (Wildman–Crippen MR) is 60.4 cm³/mol. The Morgan fingerprint density at radius 2 is 2.23 bits per heavy atom. The number of nitrogens with zero attached hydrogens (tertiary/aromatic N) is 2. The van der Waals surface area contributed by atoms with E-state index in [9.17, 15) is 0 Å². The molecular weight excluding hydrogens is 248 g/mol. The molecule has 2 heterocycles. The summed E-state index contributed by atoms with van der Waals surface area (Å²) in [5, 5.41) is 1.30. The van der Waals surface area contributed by atoms with E-state index in [-0.39, 0.29) is 0 Å². The summed E-state index contributed by atoms with van der Waals surface area (Å²) in [6.07, 6.45) is 4.59. The van der Waals surface area contributed by atoms with Crippen LogP contribution in [-0.4, -0.2) is 18.1 Å². The minimum atomic E-state index is 0.896. The molecule has 0 amide bonds. The Bertz CT molecular complexity index is 279. The van der Waals surface area contributed by atoms with Gasteiger partial charge in [0, 0.05) is 13.1 Å². The summed E-state index contributed by atoms with van der Waals surface area (Å²) in [5.41, 5.74) is 0. The van der Waals surface area contributed by atoms with Crippen molar-refractivity contribution in [2.45, 2.75) is 19.8 Å². The maximum atomic E-state index is 4.20. The molecule has 0 aromatic carbocycles. The lowest BCUT2D eigenvalue weighted by atomic mass is 10.00. The molecule has 2 rings (SSSR count). The fourth-order valence-corrected chi connectivity index (χ4v) is 2.92. The van der Waals surface area contributed by atoms with Crippen LogP contribution in [0.5, 0.6) is 0 Å². The molecule has 1 aromatic rings. The zero-order valence-corrected chi connectivity index (χ0v) is 10.1. The molecule has 0 saturated carbocycles. The highest BCUT2D eigenvalue weighted by atomic mass is 79.9. The molecule has 0 spiro atoms. The molecule has 1 aliphatic rings. The highest BCUT2D eigenvalue weighted by molar-refractivity contribution is 9.11. The van der Waals surface area contributed by atoms with E-state index in [0.717, 1.165) is 9.83 Å². The zero-order valence-electron chi connectivity index (χ0n) is 7.66. The van der Waals surface area contributed by atoms with Gasteiger partial charge in [0.15, 0.2) is 3.92 Å². The van der Waals surface area contributed by atoms with Crippen LogP contribution >= 0.6 is 27.3 Å². The molecule has 0 N–H and O–H groups in total. The highest BCUT2D eigenvalue weighted by Gasteiger charge is 2.17. The number of hydrogen-bond donors (Lipinski definition) is 0. The van der Waals surface area contributed by atoms with Gasteiger partial charge in [-0.3, -0.25) is 0 Å². The Morgan fingerprint density at radius 3 is 2.77 bits per heavy atom. The molecule has 1 fully saturated rings. The first-order chi connectivity index (χ1) is 6.25. The summed E-state index contributed by atoms with van der Waals surface area (Å²) in [6.45, 7) is 4.71.